The summed E-state index contributed by atoms with van der Waals surface area (Å²) in [5.74, 6) is -1.17. The van der Waals surface area contributed by atoms with E-state index in [9.17, 15) is 13.6 Å². The second-order valence-corrected chi connectivity index (χ2v) is 6.62. The molecule has 4 rings (SSSR count). The molecule has 1 aliphatic heterocycles. The monoisotopic (exact) mass is 395 g/mol. The third-order valence-electron chi connectivity index (χ3n) is 4.58. The molecule has 1 aliphatic rings. The molecule has 1 aromatic heterocycles. The summed E-state index contributed by atoms with van der Waals surface area (Å²) in [6, 6.07) is 8.77. The predicted octanol–water partition coefficient (Wildman–Crippen LogP) is 4.07. The number of imidazole rings is 1. The van der Waals surface area contributed by atoms with Crippen LogP contribution in [0.5, 0.6) is 0 Å². The van der Waals surface area contributed by atoms with E-state index in [2.05, 4.69) is 20.9 Å². The van der Waals surface area contributed by atoms with Gasteiger partial charge in [0.25, 0.3) is 5.91 Å². The van der Waals surface area contributed by atoms with Crippen LogP contribution in [0.25, 0.3) is 5.57 Å². The molecule has 0 saturated heterocycles. The van der Waals surface area contributed by atoms with Gasteiger partial charge in [-0.05, 0) is 42.8 Å². The molecule has 0 bridgehead atoms. The summed E-state index contributed by atoms with van der Waals surface area (Å²) in [6.45, 7) is 1.42. The molecule has 0 atom stereocenters. The van der Waals surface area contributed by atoms with Gasteiger partial charge in [0.1, 0.15) is 11.6 Å². The number of hydrogen-bond acceptors (Lipinski definition) is 4. The van der Waals surface area contributed by atoms with E-state index in [1.165, 1.54) is 30.5 Å². The largest absolute Gasteiger partial charge is 0.383 e. The fraction of sp³-hybridized carbons (Fsp3) is 0.143. The number of carbonyl (C=O) groups is 1. The number of halogens is 2. The number of anilines is 3. The smallest absolute Gasteiger partial charge is 0.257 e. The lowest BCUT2D eigenvalue weighted by Gasteiger charge is -2.10. The zero-order valence-corrected chi connectivity index (χ0v) is 15.5. The van der Waals surface area contributed by atoms with Crippen LogP contribution in [-0.2, 0) is 11.3 Å². The summed E-state index contributed by atoms with van der Waals surface area (Å²) in [6.07, 6.45) is 7.62. The SMILES string of the molecule is O=C1Nc2ccc(F)cc2C1=CNc1ccc(NCCCn2ccnc2)c(F)c1. The number of amides is 1. The van der Waals surface area contributed by atoms with Crippen molar-refractivity contribution in [2.75, 3.05) is 22.5 Å². The Labute approximate surface area is 166 Å². The van der Waals surface area contributed by atoms with Gasteiger partial charge in [0.05, 0.1) is 17.6 Å². The number of fused-ring (bicyclic) bond motifs is 1. The molecule has 1 amide bonds. The molecule has 0 radical (unpaired) electrons. The first kappa shape index (κ1) is 18.7. The molecule has 2 aromatic carbocycles. The van der Waals surface area contributed by atoms with Gasteiger partial charge in [-0.3, -0.25) is 4.79 Å². The second kappa shape index (κ2) is 8.14. The minimum Gasteiger partial charge on any atom is -0.383 e. The fourth-order valence-corrected chi connectivity index (χ4v) is 3.11. The maximum atomic E-state index is 14.4. The van der Waals surface area contributed by atoms with Crippen molar-refractivity contribution in [1.82, 2.24) is 9.55 Å². The molecular formula is C21H19F2N5O. The number of rotatable bonds is 7. The number of benzene rings is 2. The molecule has 148 valence electrons. The van der Waals surface area contributed by atoms with Crippen molar-refractivity contribution in [2.24, 2.45) is 0 Å². The minimum atomic E-state index is -0.430. The molecule has 6 nitrogen and oxygen atoms in total. The highest BCUT2D eigenvalue weighted by molar-refractivity contribution is 6.31. The lowest BCUT2D eigenvalue weighted by Crippen LogP contribution is -2.07. The maximum absolute atomic E-state index is 14.4. The molecule has 0 unspecified atom stereocenters. The molecule has 0 aliphatic carbocycles. The Balaban J connectivity index is 1.38. The number of aryl methyl sites for hydroxylation is 1. The van der Waals surface area contributed by atoms with Crippen molar-refractivity contribution in [2.45, 2.75) is 13.0 Å². The Morgan fingerprint density at radius 3 is 2.86 bits per heavy atom. The molecule has 29 heavy (non-hydrogen) atoms. The van der Waals surface area contributed by atoms with E-state index in [1.54, 1.807) is 24.7 Å². The van der Waals surface area contributed by atoms with Gasteiger partial charge in [0.15, 0.2) is 0 Å². The quantitative estimate of drug-likeness (QED) is 0.417. The van der Waals surface area contributed by atoms with Crippen LogP contribution >= 0.6 is 0 Å². The van der Waals surface area contributed by atoms with Gasteiger partial charge >= 0.3 is 0 Å². The average molecular weight is 395 g/mol. The van der Waals surface area contributed by atoms with E-state index < -0.39 is 11.6 Å². The van der Waals surface area contributed by atoms with Crippen LogP contribution in [-0.4, -0.2) is 22.0 Å². The standard InChI is InChI=1S/C21H19F2N5O/c22-14-2-4-19-16(10-14)17(21(29)27-19)12-26-15-3-5-20(18(23)11-15)25-6-1-8-28-9-7-24-13-28/h2-5,7,9-13,25-26H,1,6,8H2,(H,27,29). The second-order valence-electron chi connectivity index (χ2n) is 6.62. The highest BCUT2D eigenvalue weighted by atomic mass is 19.1. The van der Waals surface area contributed by atoms with E-state index in [1.807, 2.05) is 10.8 Å². The summed E-state index contributed by atoms with van der Waals surface area (Å²) in [5.41, 5.74) is 2.20. The maximum Gasteiger partial charge on any atom is 0.257 e. The van der Waals surface area contributed by atoms with Crippen LogP contribution in [0, 0.1) is 11.6 Å². The molecule has 3 N–H and O–H groups in total. The van der Waals surface area contributed by atoms with E-state index in [0.29, 0.717) is 34.7 Å². The topological polar surface area (TPSA) is 71.0 Å². The van der Waals surface area contributed by atoms with Crippen LogP contribution in [0.3, 0.4) is 0 Å². The Hall–Kier alpha value is -3.68. The third kappa shape index (κ3) is 4.26. The number of aromatic nitrogens is 2. The highest BCUT2D eigenvalue weighted by Gasteiger charge is 2.24. The van der Waals surface area contributed by atoms with Crippen LogP contribution in [0.2, 0.25) is 0 Å². The minimum absolute atomic E-state index is 0.293. The molecule has 8 heteroatoms. The highest BCUT2D eigenvalue weighted by Crippen LogP contribution is 2.32. The lowest BCUT2D eigenvalue weighted by atomic mass is 10.1. The van der Waals surface area contributed by atoms with Crippen molar-refractivity contribution < 1.29 is 13.6 Å². The molecule has 0 fully saturated rings. The molecule has 3 aromatic rings. The Bertz CT molecular complexity index is 1060. The number of nitrogens with one attached hydrogen (secondary N) is 3. The Morgan fingerprint density at radius 1 is 1.17 bits per heavy atom. The molecule has 0 saturated carbocycles. The third-order valence-corrected chi connectivity index (χ3v) is 4.58. The molecular weight excluding hydrogens is 376 g/mol. The van der Waals surface area contributed by atoms with Crippen LogP contribution in [0.1, 0.15) is 12.0 Å². The van der Waals surface area contributed by atoms with Gasteiger partial charge in [0.2, 0.25) is 0 Å². The Kier molecular flexibility index (Phi) is 5.24. The van der Waals surface area contributed by atoms with Gasteiger partial charge in [-0.25, -0.2) is 13.8 Å². The molecule has 2 heterocycles. The van der Waals surface area contributed by atoms with Crippen molar-refractivity contribution in [3.05, 3.63) is 78.5 Å². The number of nitrogens with zero attached hydrogens (tertiary/aromatic N) is 2. The van der Waals surface area contributed by atoms with Crippen LogP contribution in [0.15, 0.2) is 61.3 Å². The summed E-state index contributed by atoms with van der Waals surface area (Å²) >= 11 is 0. The van der Waals surface area contributed by atoms with Gasteiger partial charge in [-0.1, -0.05) is 0 Å². The summed E-state index contributed by atoms with van der Waals surface area (Å²) in [4.78, 5) is 16.1. The van der Waals surface area contributed by atoms with Crippen LogP contribution in [0.4, 0.5) is 25.8 Å². The number of hydrogen-bond donors (Lipinski definition) is 3. The van der Waals surface area contributed by atoms with Gasteiger partial charge < -0.3 is 20.5 Å². The first-order valence-electron chi connectivity index (χ1n) is 9.17. The predicted molar refractivity (Wildman–Crippen MR) is 108 cm³/mol. The summed E-state index contributed by atoms with van der Waals surface area (Å²) < 4.78 is 29.8. The zero-order chi connectivity index (χ0) is 20.2. The van der Waals surface area contributed by atoms with Gasteiger partial charge in [-0.15, -0.1) is 0 Å². The van der Waals surface area contributed by atoms with Gasteiger partial charge in [0, 0.05) is 48.6 Å². The van der Waals surface area contributed by atoms with E-state index in [0.717, 1.165) is 13.0 Å². The van der Waals surface area contributed by atoms with Crippen molar-refractivity contribution in [3.63, 3.8) is 0 Å². The van der Waals surface area contributed by atoms with Crippen molar-refractivity contribution >= 4 is 28.5 Å². The fourth-order valence-electron chi connectivity index (χ4n) is 3.11. The lowest BCUT2D eigenvalue weighted by molar-refractivity contribution is -0.110. The Morgan fingerprint density at radius 2 is 2.07 bits per heavy atom. The summed E-state index contributed by atoms with van der Waals surface area (Å²) in [7, 11) is 0. The van der Waals surface area contributed by atoms with E-state index in [-0.39, 0.29) is 5.91 Å². The zero-order valence-electron chi connectivity index (χ0n) is 15.5. The summed E-state index contributed by atoms with van der Waals surface area (Å²) in [5, 5.41) is 8.64. The van der Waals surface area contributed by atoms with Gasteiger partial charge in [-0.2, -0.15) is 0 Å². The van der Waals surface area contributed by atoms with Crippen LogP contribution < -0.4 is 16.0 Å². The first-order chi connectivity index (χ1) is 14.1. The number of carbonyl (C=O) groups excluding carboxylic acids is 1. The van der Waals surface area contributed by atoms with Crippen molar-refractivity contribution in [1.29, 1.82) is 0 Å². The van der Waals surface area contributed by atoms with E-state index >= 15 is 0 Å². The van der Waals surface area contributed by atoms with Crippen molar-refractivity contribution in [3.8, 4) is 0 Å². The molecule has 0 spiro atoms. The van der Waals surface area contributed by atoms with E-state index in [4.69, 9.17) is 0 Å². The first-order valence-corrected chi connectivity index (χ1v) is 9.17. The normalized spacial score (nSPS) is 14.0. The average Bonchev–Trinajstić information content (AvgIpc) is 3.32.